The molecule has 1 aliphatic rings. The number of rotatable bonds is 4. The average molecular weight is 264 g/mol. The molecule has 0 spiro atoms. The van der Waals surface area contributed by atoms with E-state index in [0.717, 1.165) is 6.42 Å². The van der Waals surface area contributed by atoms with Gasteiger partial charge >= 0.3 is 5.97 Å². The highest BCUT2D eigenvalue weighted by Crippen LogP contribution is 2.12. The Morgan fingerprint density at radius 1 is 1.58 bits per heavy atom. The molecule has 0 aliphatic carbocycles. The maximum Gasteiger partial charge on any atom is 0.337 e. The van der Waals surface area contributed by atoms with E-state index in [9.17, 15) is 9.59 Å². The van der Waals surface area contributed by atoms with Crippen LogP contribution in [0.15, 0.2) is 18.3 Å². The van der Waals surface area contributed by atoms with Gasteiger partial charge in [-0.25, -0.2) is 4.79 Å². The molecule has 1 N–H and O–H groups in total. The number of aromatic nitrogens is 1. The number of carbonyl (C=O) groups is 2. The van der Waals surface area contributed by atoms with Crippen molar-refractivity contribution in [3.63, 3.8) is 0 Å². The average Bonchev–Trinajstić information content (AvgIpc) is 2.98. The molecule has 0 saturated carbocycles. The maximum atomic E-state index is 11.8. The Hall–Kier alpha value is -1.95. The number of nitrogens with zero attached hydrogens (tertiary/aromatic N) is 1. The van der Waals surface area contributed by atoms with Gasteiger partial charge in [-0.05, 0) is 18.6 Å². The van der Waals surface area contributed by atoms with E-state index in [1.807, 2.05) is 0 Å². The molecule has 102 valence electrons. The Labute approximate surface area is 111 Å². The van der Waals surface area contributed by atoms with Crippen molar-refractivity contribution in [2.45, 2.75) is 13.0 Å². The van der Waals surface area contributed by atoms with Crippen molar-refractivity contribution in [1.29, 1.82) is 0 Å². The van der Waals surface area contributed by atoms with Crippen molar-refractivity contribution < 1.29 is 19.1 Å². The van der Waals surface area contributed by atoms with Gasteiger partial charge in [0.05, 0.1) is 37.4 Å². The van der Waals surface area contributed by atoms with Crippen LogP contribution in [-0.4, -0.2) is 37.2 Å². The summed E-state index contributed by atoms with van der Waals surface area (Å²) in [6.45, 7) is 1.40. The number of nitrogens with one attached hydrogen (secondary N) is 1. The van der Waals surface area contributed by atoms with Crippen molar-refractivity contribution in [3.05, 3.63) is 29.6 Å². The number of esters is 1. The number of amides is 1. The van der Waals surface area contributed by atoms with Crippen LogP contribution < -0.4 is 5.32 Å². The fraction of sp³-hybridized carbons (Fsp3) is 0.462. The smallest absolute Gasteiger partial charge is 0.337 e. The van der Waals surface area contributed by atoms with E-state index >= 15 is 0 Å². The van der Waals surface area contributed by atoms with E-state index in [2.05, 4.69) is 15.0 Å². The zero-order valence-corrected chi connectivity index (χ0v) is 10.7. The lowest BCUT2D eigenvalue weighted by Crippen LogP contribution is -2.30. The van der Waals surface area contributed by atoms with Gasteiger partial charge in [-0.3, -0.25) is 9.78 Å². The minimum Gasteiger partial charge on any atom is -0.465 e. The van der Waals surface area contributed by atoms with E-state index in [4.69, 9.17) is 4.74 Å². The summed E-state index contributed by atoms with van der Waals surface area (Å²) in [6, 6.07) is 3.18. The minimum absolute atomic E-state index is 0.0391. The van der Waals surface area contributed by atoms with Gasteiger partial charge in [-0.15, -0.1) is 0 Å². The van der Waals surface area contributed by atoms with Crippen LogP contribution in [-0.2, 0) is 20.8 Å². The van der Waals surface area contributed by atoms with Crippen LogP contribution in [0.25, 0.3) is 0 Å². The molecule has 1 aromatic heterocycles. The minimum atomic E-state index is -0.417. The molecule has 1 amide bonds. The lowest BCUT2D eigenvalue weighted by atomic mass is 10.1. The molecule has 6 nitrogen and oxygen atoms in total. The molecule has 1 fully saturated rings. The molecule has 1 atom stereocenters. The van der Waals surface area contributed by atoms with Gasteiger partial charge < -0.3 is 14.8 Å². The topological polar surface area (TPSA) is 77.5 Å². The molecule has 2 rings (SSSR count). The Balaban J connectivity index is 1.92. The first-order valence-electron chi connectivity index (χ1n) is 6.09. The number of methoxy groups -OCH3 is 1. The quantitative estimate of drug-likeness (QED) is 0.802. The third-order valence-electron chi connectivity index (χ3n) is 2.98. The van der Waals surface area contributed by atoms with E-state index in [-0.39, 0.29) is 11.8 Å². The van der Waals surface area contributed by atoms with Crippen molar-refractivity contribution in [2.75, 3.05) is 20.3 Å². The molecule has 1 aromatic rings. The predicted molar refractivity (Wildman–Crippen MR) is 66.3 cm³/mol. The summed E-state index contributed by atoms with van der Waals surface area (Å²) in [5, 5.41) is 2.79. The molecule has 1 saturated heterocycles. The Morgan fingerprint density at radius 3 is 3.11 bits per heavy atom. The monoisotopic (exact) mass is 264 g/mol. The van der Waals surface area contributed by atoms with Crippen LogP contribution in [0.1, 0.15) is 22.5 Å². The molecule has 6 heteroatoms. The maximum absolute atomic E-state index is 11.8. The predicted octanol–water partition coefficient (Wildman–Crippen LogP) is 0.521. The Kier molecular flexibility index (Phi) is 4.46. The molecule has 1 unspecified atom stereocenters. The van der Waals surface area contributed by atoms with Gasteiger partial charge in [0, 0.05) is 12.8 Å². The summed E-state index contributed by atoms with van der Waals surface area (Å²) in [7, 11) is 1.32. The van der Waals surface area contributed by atoms with Crippen molar-refractivity contribution in [3.8, 4) is 0 Å². The molecule has 1 aliphatic heterocycles. The highest BCUT2D eigenvalue weighted by molar-refractivity contribution is 5.89. The molecule has 0 bridgehead atoms. The second-order valence-corrected chi connectivity index (χ2v) is 4.31. The summed E-state index contributed by atoms with van der Waals surface area (Å²) in [4.78, 5) is 27.2. The third-order valence-corrected chi connectivity index (χ3v) is 2.98. The number of ether oxygens (including phenoxy) is 2. The molecule has 0 aromatic carbocycles. The van der Waals surface area contributed by atoms with Crippen LogP contribution in [0.4, 0.5) is 0 Å². The number of carbonyl (C=O) groups excluding carboxylic acids is 2. The molecule has 2 heterocycles. The zero-order chi connectivity index (χ0) is 13.7. The highest BCUT2D eigenvalue weighted by atomic mass is 16.5. The third kappa shape index (κ3) is 3.51. The molecule has 0 radical (unpaired) electrons. The van der Waals surface area contributed by atoms with Gasteiger partial charge in [-0.2, -0.15) is 0 Å². The fourth-order valence-corrected chi connectivity index (χ4v) is 1.88. The largest absolute Gasteiger partial charge is 0.465 e. The first-order valence-corrected chi connectivity index (χ1v) is 6.09. The first kappa shape index (κ1) is 13.5. The summed E-state index contributed by atoms with van der Waals surface area (Å²) >= 11 is 0. The lowest BCUT2D eigenvalue weighted by Gasteiger charge is -2.09. The van der Waals surface area contributed by atoms with E-state index in [0.29, 0.717) is 31.0 Å². The van der Waals surface area contributed by atoms with Crippen LogP contribution >= 0.6 is 0 Å². The van der Waals surface area contributed by atoms with Gasteiger partial charge in [0.1, 0.15) is 0 Å². The van der Waals surface area contributed by atoms with Gasteiger partial charge in [0.25, 0.3) is 0 Å². The summed E-state index contributed by atoms with van der Waals surface area (Å²) in [6.07, 6.45) is 2.27. The first-order chi connectivity index (χ1) is 9.20. The fourth-order valence-electron chi connectivity index (χ4n) is 1.88. The van der Waals surface area contributed by atoms with Gasteiger partial charge in [0.2, 0.25) is 5.91 Å². The second-order valence-electron chi connectivity index (χ2n) is 4.31. The van der Waals surface area contributed by atoms with Gasteiger partial charge in [-0.1, -0.05) is 0 Å². The lowest BCUT2D eigenvalue weighted by molar-refractivity contribution is -0.125. The van der Waals surface area contributed by atoms with Crippen molar-refractivity contribution in [1.82, 2.24) is 10.3 Å². The van der Waals surface area contributed by atoms with Crippen molar-refractivity contribution >= 4 is 11.9 Å². The molecular weight excluding hydrogens is 248 g/mol. The standard InChI is InChI=1S/C13H16N2O4/c1-18-13(17)9-2-4-14-11(6-9)7-15-12(16)10-3-5-19-8-10/h2,4,6,10H,3,5,7-8H2,1H3,(H,15,16). The van der Waals surface area contributed by atoms with Gasteiger partial charge in [0.15, 0.2) is 0 Å². The SMILES string of the molecule is COC(=O)c1ccnc(CNC(=O)C2CCOC2)c1. The summed E-state index contributed by atoms with van der Waals surface area (Å²) in [5.74, 6) is -0.536. The van der Waals surface area contributed by atoms with E-state index in [1.54, 1.807) is 12.1 Å². The molecule has 19 heavy (non-hydrogen) atoms. The van der Waals surface area contributed by atoms with Crippen LogP contribution in [0.3, 0.4) is 0 Å². The van der Waals surface area contributed by atoms with E-state index in [1.165, 1.54) is 13.3 Å². The number of pyridine rings is 1. The van der Waals surface area contributed by atoms with Crippen LogP contribution in [0.2, 0.25) is 0 Å². The van der Waals surface area contributed by atoms with Crippen LogP contribution in [0, 0.1) is 5.92 Å². The summed E-state index contributed by atoms with van der Waals surface area (Å²) < 4.78 is 9.79. The Bertz CT molecular complexity index is 469. The molecular formula is C13H16N2O4. The zero-order valence-electron chi connectivity index (χ0n) is 10.7. The van der Waals surface area contributed by atoms with E-state index < -0.39 is 5.97 Å². The highest BCUT2D eigenvalue weighted by Gasteiger charge is 2.23. The van der Waals surface area contributed by atoms with Crippen LogP contribution in [0.5, 0.6) is 0 Å². The number of hydrogen-bond donors (Lipinski definition) is 1. The second kappa shape index (κ2) is 6.29. The number of hydrogen-bond acceptors (Lipinski definition) is 5. The Morgan fingerprint density at radius 2 is 2.42 bits per heavy atom. The summed E-state index contributed by atoms with van der Waals surface area (Å²) in [5.41, 5.74) is 1.04. The van der Waals surface area contributed by atoms with Crippen molar-refractivity contribution in [2.24, 2.45) is 5.92 Å². The normalized spacial score (nSPS) is 18.1.